The number of fused-ring (bicyclic) bond motifs is 1. The van der Waals surface area contributed by atoms with Crippen LogP contribution in [0, 0.1) is 0 Å². The Morgan fingerprint density at radius 2 is 2.12 bits per heavy atom. The molecule has 0 saturated carbocycles. The molecule has 0 fully saturated rings. The minimum Gasteiger partial charge on any atom is -0.463 e. The molecule has 0 aliphatic carbocycles. The number of furan rings is 1. The van der Waals surface area contributed by atoms with Crippen molar-refractivity contribution in [2.24, 2.45) is 0 Å². The molecule has 24 heavy (non-hydrogen) atoms. The predicted octanol–water partition coefficient (Wildman–Crippen LogP) is 3.46. The summed E-state index contributed by atoms with van der Waals surface area (Å²) in [5, 5.41) is 7.81. The third-order valence-corrected chi connectivity index (χ3v) is 3.43. The van der Waals surface area contributed by atoms with Crippen LogP contribution in [0.3, 0.4) is 0 Å². The van der Waals surface area contributed by atoms with Gasteiger partial charge in [0.15, 0.2) is 11.4 Å². The molecule has 0 radical (unpaired) electrons. The van der Waals surface area contributed by atoms with Crippen molar-refractivity contribution in [2.75, 3.05) is 0 Å². The molecule has 0 amide bonds. The van der Waals surface area contributed by atoms with Gasteiger partial charge in [-0.1, -0.05) is 0 Å². The third kappa shape index (κ3) is 2.60. The number of pyridine rings is 1. The first-order valence-electron chi connectivity index (χ1n) is 7.59. The number of hydrogen-bond donors (Lipinski definition) is 1. The largest absolute Gasteiger partial charge is 0.463 e. The van der Waals surface area contributed by atoms with Gasteiger partial charge in [-0.3, -0.25) is 5.10 Å². The molecule has 0 spiro atoms. The number of aromatic nitrogens is 5. The zero-order valence-corrected chi connectivity index (χ0v) is 13.2. The van der Waals surface area contributed by atoms with Crippen LogP contribution in [0.15, 0.2) is 47.3 Å². The van der Waals surface area contributed by atoms with E-state index in [9.17, 15) is 0 Å². The fourth-order valence-corrected chi connectivity index (χ4v) is 2.43. The van der Waals surface area contributed by atoms with E-state index < -0.39 is 0 Å². The van der Waals surface area contributed by atoms with Gasteiger partial charge in [0.25, 0.3) is 0 Å². The van der Waals surface area contributed by atoms with Crippen molar-refractivity contribution in [3.05, 3.63) is 42.9 Å². The molecule has 0 unspecified atom stereocenters. The molecule has 7 nitrogen and oxygen atoms in total. The van der Waals surface area contributed by atoms with Crippen LogP contribution < -0.4 is 4.74 Å². The highest BCUT2D eigenvalue weighted by Gasteiger charge is 2.16. The number of rotatable bonds is 4. The summed E-state index contributed by atoms with van der Waals surface area (Å²) in [6.45, 7) is 3.87. The summed E-state index contributed by atoms with van der Waals surface area (Å²) in [5.74, 6) is 0.659. The molecular weight excluding hydrogens is 306 g/mol. The highest BCUT2D eigenvalue weighted by molar-refractivity contribution is 5.87. The Balaban J connectivity index is 1.90. The lowest BCUT2D eigenvalue weighted by molar-refractivity contribution is 0.222. The molecule has 0 aliphatic heterocycles. The second-order valence-electron chi connectivity index (χ2n) is 5.56. The summed E-state index contributed by atoms with van der Waals surface area (Å²) >= 11 is 0. The maximum absolute atomic E-state index is 5.59. The van der Waals surface area contributed by atoms with Gasteiger partial charge in [-0.15, -0.1) is 0 Å². The Labute approximate surface area is 137 Å². The van der Waals surface area contributed by atoms with Crippen LogP contribution in [-0.2, 0) is 0 Å². The second kappa shape index (κ2) is 5.77. The molecule has 4 heterocycles. The molecule has 1 N–H and O–H groups in total. The van der Waals surface area contributed by atoms with E-state index in [1.54, 1.807) is 18.7 Å². The number of H-pyrrole nitrogens is 1. The van der Waals surface area contributed by atoms with Crippen LogP contribution in [0.25, 0.3) is 33.7 Å². The van der Waals surface area contributed by atoms with E-state index in [0.717, 1.165) is 10.9 Å². The highest BCUT2D eigenvalue weighted by atomic mass is 16.5. The molecule has 0 saturated heterocycles. The second-order valence-corrected chi connectivity index (χ2v) is 5.56. The average Bonchev–Trinajstić information content (AvgIpc) is 3.24. The topological polar surface area (TPSA) is 89.7 Å². The van der Waals surface area contributed by atoms with Gasteiger partial charge in [0, 0.05) is 17.1 Å². The van der Waals surface area contributed by atoms with Crippen LogP contribution >= 0.6 is 0 Å². The van der Waals surface area contributed by atoms with Crippen molar-refractivity contribution >= 4 is 11.0 Å². The number of hydrogen-bond acceptors (Lipinski definition) is 6. The highest BCUT2D eigenvalue weighted by Crippen LogP contribution is 2.32. The van der Waals surface area contributed by atoms with Crippen LogP contribution in [0.1, 0.15) is 13.8 Å². The van der Waals surface area contributed by atoms with Gasteiger partial charge in [0.1, 0.15) is 5.69 Å². The van der Waals surface area contributed by atoms with Crippen LogP contribution in [0.4, 0.5) is 0 Å². The van der Waals surface area contributed by atoms with Gasteiger partial charge >= 0.3 is 6.01 Å². The lowest BCUT2D eigenvalue weighted by Crippen LogP contribution is -2.08. The maximum atomic E-state index is 5.59. The van der Waals surface area contributed by atoms with Crippen molar-refractivity contribution in [3.63, 3.8) is 0 Å². The molecule has 0 bridgehead atoms. The molecule has 0 atom stereocenters. The normalized spacial score (nSPS) is 11.3. The van der Waals surface area contributed by atoms with E-state index >= 15 is 0 Å². The van der Waals surface area contributed by atoms with E-state index in [2.05, 4.69) is 25.1 Å². The van der Waals surface area contributed by atoms with Crippen molar-refractivity contribution in [2.45, 2.75) is 20.0 Å². The van der Waals surface area contributed by atoms with E-state index in [1.165, 1.54) is 0 Å². The number of aromatic amines is 1. The Morgan fingerprint density at radius 1 is 1.21 bits per heavy atom. The average molecular weight is 321 g/mol. The molecular formula is C17H15N5O2. The minimum absolute atomic E-state index is 0.000673. The van der Waals surface area contributed by atoms with Gasteiger partial charge in [-0.05, 0) is 38.1 Å². The number of ether oxygens (including phenoxy) is 1. The molecule has 4 aromatic rings. The maximum Gasteiger partial charge on any atom is 0.317 e. The SMILES string of the molecule is CC(C)Oc1nccc(-c2cc3cn[nH]c3nc2-c2ccco2)n1. The monoisotopic (exact) mass is 321 g/mol. The lowest BCUT2D eigenvalue weighted by Gasteiger charge is -2.10. The Hall–Kier alpha value is -3.22. The van der Waals surface area contributed by atoms with Crippen molar-refractivity contribution in [1.29, 1.82) is 0 Å². The summed E-state index contributed by atoms with van der Waals surface area (Å²) in [6.07, 6.45) is 5.01. The molecule has 0 aliphatic rings. The zero-order valence-electron chi connectivity index (χ0n) is 13.2. The van der Waals surface area contributed by atoms with Gasteiger partial charge < -0.3 is 9.15 Å². The minimum atomic E-state index is -0.000673. The van der Waals surface area contributed by atoms with E-state index in [-0.39, 0.29) is 6.10 Å². The van der Waals surface area contributed by atoms with Crippen molar-refractivity contribution in [3.8, 4) is 28.7 Å². The predicted molar refractivity (Wildman–Crippen MR) is 88.4 cm³/mol. The Morgan fingerprint density at radius 3 is 2.92 bits per heavy atom. The number of nitrogens with zero attached hydrogens (tertiary/aromatic N) is 4. The van der Waals surface area contributed by atoms with Crippen LogP contribution in [0.5, 0.6) is 6.01 Å². The summed E-state index contributed by atoms with van der Waals surface area (Å²) in [7, 11) is 0. The van der Waals surface area contributed by atoms with Crippen LogP contribution in [0.2, 0.25) is 0 Å². The molecule has 4 aromatic heterocycles. The molecule has 7 heteroatoms. The molecule has 4 rings (SSSR count). The molecule has 120 valence electrons. The van der Waals surface area contributed by atoms with Gasteiger partial charge in [-0.25, -0.2) is 9.97 Å². The summed E-state index contributed by atoms with van der Waals surface area (Å²) < 4.78 is 11.1. The van der Waals surface area contributed by atoms with Gasteiger partial charge in [-0.2, -0.15) is 10.1 Å². The quantitative estimate of drug-likeness (QED) is 0.619. The lowest BCUT2D eigenvalue weighted by atomic mass is 10.1. The smallest absolute Gasteiger partial charge is 0.317 e. The van der Waals surface area contributed by atoms with E-state index in [0.29, 0.717) is 28.8 Å². The number of nitrogens with one attached hydrogen (secondary N) is 1. The van der Waals surface area contributed by atoms with Gasteiger partial charge in [0.05, 0.1) is 24.3 Å². The zero-order chi connectivity index (χ0) is 16.5. The summed E-state index contributed by atoms with van der Waals surface area (Å²) in [5.41, 5.74) is 2.92. The first kappa shape index (κ1) is 14.4. The van der Waals surface area contributed by atoms with Gasteiger partial charge in [0.2, 0.25) is 0 Å². The summed E-state index contributed by atoms with van der Waals surface area (Å²) in [6, 6.07) is 7.82. The van der Waals surface area contributed by atoms with Crippen LogP contribution in [-0.4, -0.2) is 31.3 Å². The van der Waals surface area contributed by atoms with Crippen molar-refractivity contribution < 1.29 is 9.15 Å². The standard InChI is InChI=1S/C17H15N5O2/c1-10(2)24-17-18-6-5-13(20-17)12-8-11-9-19-22-16(11)21-15(12)14-4-3-7-23-14/h3-10H,1-2H3,(H,19,21,22). The fraction of sp³-hybridized carbons (Fsp3) is 0.176. The molecule has 0 aromatic carbocycles. The Bertz CT molecular complexity index is 976. The van der Waals surface area contributed by atoms with E-state index in [1.807, 2.05) is 38.1 Å². The fourth-order valence-electron chi connectivity index (χ4n) is 2.43. The Kier molecular flexibility index (Phi) is 3.45. The first-order valence-corrected chi connectivity index (χ1v) is 7.59. The first-order chi connectivity index (χ1) is 11.7. The van der Waals surface area contributed by atoms with Crippen molar-refractivity contribution in [1.82, 2.24) is 25.1 Å². The summed E-state index contributed by atoms with van der Waals surface area (Å²) in [4.78, 5) is 13.3. The van der Waals surface area contributed by atoms with E-state index in [4.69, 9.17) is 9.15 Å². The third-order valence-electron chi connectivity index (χ3n) is 3.43.